The van der Waals surface area contributed by atoms with Gasteiger partial charge in [-0.25, -0.2) is 0 Å². The summed E-state index contributed by atoms with van der Waals surface area (Å²) in [7, 11) is 0. The summed E-state index contributed by atoms with van der Waals surface area (Å²) in [6, 6.07) is 5.28. The van der Waals surface area contributed by atoms with Crippen molar-refractivity contribution in [3.8, 4) is 6.07 Å². The summed E-state index contributed by atoms with van der Waals surface area (Å²) >= 11 is 1.42. The lowest BCUT2D eigenvalue weighted by atomic mass is 9.96. The average Bonchev–Trinajstić information content (AvgIpc) is 3.06. The van der Waals surface area contributed by atoms with Gasteiger partial charge in [0.15, 0.2) is 0 Å². The fourth-order valence-corrected chi connectivity index (χ4v) is 3.14. The second-order valence-corrected chi connectivity index (χ2v) is 6.11. The van der Waals surface area contributed by atoms with Crippen molar-refractivity contribution >= 4 is 23.2 Å². The normalized spacial score (nSPS) is 19.6. The van der Waals surface area contributed by atoms with Crippen LogP contribution in [0.15, 0.2) is 17.5 Å². The minimum atomic E-state index is -0.444. The maximum Gasteiger partial charge on any atom is 0.263 e. The van der Waals surface area contributed by atoms with E-state index in [4.69, 9.17) is 5.26 Å². The summed E-state index contributed by atoms with van der Waals surface area (Å²) in [6.45, 7) is 2.99. The summed E-state index contributed by atoms with van der Waals surface area (Å²) < 4.78 is 0. The third kappa shape index (κ3) is 3.82. The molecule has 1 fully saturated rings. The zero-order valence-electron chi connectivity index (χ0n) is 12.0. The van der Waals surface area contributed by atoms with Crippen molar-refractivity contribution in [3.05, 3.63) is 22.4 Å². The number of thiophene rings is 1. The van der Waals surface area contributed by atoms with E-state index in [1.54, 1.807) is 11.0 Å². The third-order valence-corrected chi connectivity index (χ3v) is 4.55. The topological polar surface area (TPSA) is 73.2 Å². The van der Waals surface area contributed by atoms with E-state index in [0.29, 0.717) is 24.4 Å². The highest BCUT2D eigenvalue weighted by Crippen LogP contribution is 2.20. The van der Waals surface area contributed by atoms with Crippen molar-refractivity contribution in [1.29, 1.82) is 5.26 Å². The molecule has 21 heavy (non-hydrogen) atoms. The van der Waals surface area contributed by atoms with Crippen LogP contribution in [-0.2, 0) is 4.79 Å². The van der Waals surface area contributed by atoms with Crippen LogP contribution in [0.5, 0.6) is 0 Å². The molecule has 6 heteroatoms. The lowest BCUT2D eigenvalue weighted by Crippen LogP contribution is -2.47. The second-order valence-electron chi connectivity index (χ2n) is 5.17. The largest absolute Gasteiger partial charge is 0.340 e. The number of nitrogens with one attached hydrogen (secondary N) is 1. The number of piperidine rings is 1. The Balaban J connectivity index is 1.96. The van der Waals surface area contributed by atoms with Crippen molar-refractivity contribution in [2.24, 2.45) is 5.92 Å². The Morgan fingerprint density at radius 3 is 3.05 bits per heavy atom. The molecule has 1 aliphatic rings. The summed E-state index contributed by atoms with van der Waals surface area (Å²) in [4.78, 5) is 27.0. The molecule has 0 saturated carbocycles. The molecular weight excluding hydrogens is 286 g/mol. The van der Waals surface area contributed by atoms with Crippen molar-refractivity contribution < 1.29 is 9.59 Å². The molecule has 0 aromatic carbocycles. The molecule has 2 unspecified atom stereocenters. The van der Waals surface area contributed by atoms with E-state index in [1.807, 2.05) is 18.4 Å². The first-order valence-corrected chi connectivity index (χ1v) is 8.06. The molecule has 1 aromatic rings. The molecule has 1 aromatic heterocycles. The van der Waals surface area contributed by atoms with Crippen LogP contribution >= 0.6 is 11.3 Å². The zero-order chi connectivity index (χ0) is 15.2. The lowest BCUT2D eigenvalue weighted by molar-refractivity contribution is -0.126. The maximum absolute atomic E-state index is 12.3. The molecule has 0 radical (unpaired) electrons. The molecule has 2 amide bonds. The first-order valence-electron chi connectivity index (χ1n) is 7.18. The molecule has 2 atom stereocenters. The predicted molar refractivity (Wildman–Crippen MR) is 80.8 cm³/mol. The molecule has 1 saturated heterocycles. The van der Waals surface area contributed by atoms with Gasteiger partial charge in [0.1, 0.15) is 6.04 Å². The van der Waals surface area contributed by atoms with Crippen LogP contribution in [0.2, 0.25) is 0 Å². The van der Waals surface area contributed by atoms with Crippen molar-refractivity contribution in [2.45, 2.75) is 32.2 Å². The Bertz CT molecular complexity index is 536. The lowest BCUT2D eigenvalue weighted by Gasteiger charge is -2.32. The highest BCUT2D eigenvalue weighted by Gasteiger charge is 2.29. The zero-order valence-corrected chi connectivity index (χ0v) is 12.9. The van der Waals surface area contributed by atoms with Gasteiger partial charge in [-0.15, -0.1) is 11.3 Å². The predicted octanol–water partition coefficient (Wildman–Crippen LogP) is 2.02. The molecular formula is C15H19N3O2S. The molecule has 0 aliphatic carbocycles. The van der Waals surface area contributed by atoms with E-state index in [-0.39, 0.29) is 17.7 Å². The molecule has 5 nitrogen and oxygen atoms in total. The Hall–Kier alpha value is -1.87. The van der Waals surface area contributed by atoms with E-state index >= 15 is 0 Å². The van der Waals surface area contributed by atoms with Crippen LogP contribution in [0.3, 0.4) is 0 Å². The minimum absolute atomic E-state index is 0.00479. The monoisotopic (exact) mass is 305 g/mol. The minimum Gasteiger partial charge on any atom is -0.340 e. The highest BCUT2D eigenvalue weighted by atomic mass is 32.1. The number of nitrogens with zero attached hydrogens (tertiary/aromatic N) is 2. The first-order chi connectivity index (χ1) is 10.2. The Morgan fingerprint density at radius 1 is 1.62 bits per heavy atom. The molecule has 1 aliphatic heterocycles. The summed E-state index contributed by atoms with van der Waals surface area (Å²) in [6.07, 6.45) is 2.17. The van der Waals surface area contributed by atoms with Gasteiger partial charge in [-0.1, -0.05) is 13.0 Å². The second kappa shape index (κ2) is 7.23. The number of rotatable bonds is 4. The van der Waals surface area contributed by atoms with Crippen LogP contribution in [0.4, 0.5) is 0 Å². The Labute approximate surface area is 128 Å². The van der Waals surface area contributed by atoms with E-state index in [1.165, 1.54) is 11.3 Å². The summed E-state index contributed by atoms with van der Waals surface area (Å²) in [5, 5.41) is 13.5. The third-order valence-electron chi connectivity index (χ3n) is 3.69. The molecule has 1 N–H and O–H groups in total. The van der Waals surface area contributed by atoms with Crippen molar-refractivity contribution in [2.75, 3.05) is 13.1 Å². The van der Waals surface area contributed by atoms with Crippen LogP contribution in [-0.4, -0.2) is 35.8 Å². The number of nitriles is 1. The number of amides is 2. The van der Waals surface area contributed by atoms with Gasteiger partial charge in [0.25, 0.3) is 5.91 Å². The van der Waals surface area contributed by atoms with Gasteiger partial charge in [-0.2, -0.15) is 5.26 Å². The van der Waals surface area contributed by atoms with Gasteiger partial charge in [0, 0.05) is 13.1 Å². The summed E-state index contributed by atoms with van der Waals surface area (Å²) in [5.41, 5.74) is 0. The number of hydrogen-bond acceptors (Lipinski definition) is 4. The van der Waals surface area contributed by atoms with E-state index in [0.717, 1.165) is 12.8 Å². The highest BCUT2D eigenvalue weighted by molar-refractivity contribution is 7.12. The molecule has 0 spiro atoms. The van der Waals surface area contributed by atoms with Crippen molar-refractivity contribution in [3.63, 3.8) is 0 Å². The van der Waals surface area contributed by atoms with Crippen LogP contribution in [0.25, 0.3) is 0 Å². The molecule has 0 bridgehead atoms. The summed E-state index contributed by atoms with van der Waals surface area (Å²) in [5.74, 6) is -0.341. The quantitative estimate of drug-likeness (QED) is 0.925. The van der Waals surface area contributed by atoms with E-state index in [9.17, 15) is 9.59 Å². The van der Waals surface area contributed by atoms with Gasteiger partial charge in [-0.05, 0) is 30.7 Å². The van der Waals surface area contributed by atoms with Gasteiger partial charge in [0.2, 0.25) is 5.91 Å². The average molecular weight is 305 g/mol. The smallest absolute Gasteiger partial charge is 0.263 e. The van der Waals surface area contributed by atoms with Crippen molar-refractivity contribution in [1.82, 2.24) is 10.2 Å². The standard InChI is InChI=1S/C15H19N3O2S/c1-2-12(9-16)17-14(19)11-5-3-7-18(10-11)15(20)13-6-4-8-21-13/h4,6,8,11-12H,2-3,5,7,10H2,1H3,(H,17,19). The van der Waals surface area contributed by atoms with Gasteiger partial charge in [-0.3, -0.25) is 9.59 Å². The first kappa shape index (κ1) is 15.5. The molecule has 2 rings (SSSR count). The number of likely N-dealkylation sites (tertiary alicyclic amines) is 1. The van der Waals surface area contributed by atoms with Gasteiger partial charge in [0.05, 0.1) is 16.9 Å². The van der Waals surface area contributed by atoms with E-state index < -0.39 is 6.04 Å². The number of hydrogen-bond donors (Lipinski definition) is 1. The molecule has 112 valence electrons. The Kier molecular flexibility index (Phi) is 5.34. The van der Waals surface area contributed by atoms with Gasteiger partial charge < -0.3 is 10.2 Å². The van der Waals surface area contributed by atoms with Crippen LogP contribution in [0, 0.1) is 17.2 Å². The Morgan fingerprint density at radius 2 is 2.43 bits per heavy atom. The van der Waals surface area contributed by atoms with Crippen LogP contribution in [0.1, 0.15) is 35.9 Å². The van der Waals surface area contributed by atoms with E-state index in [2.05, 4.69) is 11.4 Å². The fraction of sp³-hybridized carbons (Fsp3) is 0.533. The fourth-order valence-electron chi connectivity index (χ4n) is 2.45. The number of carbonyl (C=O) groups excluding carboxylic acids is 2. The molecule has 2 heterocycles. The van der Waals surface area contributed by atoms with Gasteiger partial charge >= 0.3 is 0 Å². The maximum atomic E-state index is 12.3. The number of carbonyl (C=O) groups is 2. The van der Waals surface area contributed by atoms with Crippen LogP contribution < -0.4 is 5.32 Å². The SMILES string of the molecule is CCC(C#N)NC(=O)C1CCCN(C(=O)c2cccs2)C1.